The molecule has 5 heteroatoms. The van der Waals surface area contributed by atoms with Crippen LogP contribution in [0.5, 0.6) is 5.75 Å². The Morgan fingerprint density at radius 2 is 2.00 bits per heavy atom. The van der Waals surface area contributed by atoms with Crippen molar-refractivity contribution >= 4 is 17.5 Å². The van der Waals surface area contributed by atoms with Crippen LogP contribution in [0.25, 0.3) is 0 Å². The molecule has 0 radical (unpaired) electrons. The summed E-state index contributed by atoms with van der Waals surface area (Å²) in [5, 5.41) is 0.708. The summed E-state index contributed by atoms with van der Waals surface area (Å²) in [5.41, 5.74) is 1.50. The van der Waals surface area contributed by atoms with Crippen molar-refractivity contribution in [2.45, 2.75) is 25.9 Å². The molecule has 1 aromatic carbocycles. The molecule has 1 amide bonds. The third-order valence-electron chi connectivity index (χ3n) is 5.39. The van der Waals surface area contributed by atoms with E-state index in [9.17, 15) is 4.79 Å². The number of carbonyl (C=O) groups excluding carboxylic acids is 1. The minimum absolute atomic E-state index is 0.0396. The highest BCUT2D eigenvalue weighted by molar-refractivity contribution is 6.30. The van der Waals surface area contributed by atoms with Crippen LogP contribution in [0.4, 0.5) is 0 Å². The first kappa shape index (κ1) is 16.4. The van der Waals surface area contributed by atoms with Crippen LogP contribution in [-0.4, -0.2) is 35.0 Å². The zero-order valence-corrected chi connectivity index (χ0v) is 14.9. The van der Waals surface area contributed by atoms with E-state index in [4.69, 9.17) is 16.3 Å². The second-order valence-electron chi connectivity index (χ2n) is 6.99. The number of fused-ring (bicyclic) bond motifs is 1. The predicted molar refractivity (Wildman–Crippen MR) is 97.0 cm³/mol. The first-order valence-corrected chi connectivity index (χ1v) is 9.13. The fourth-order valence-corrected chi connectivity index (χ4v) is 4.20. The van der Waals surface area contributed by atoms with Crippen molar-refractivity contribution in [3.05, 3.63) is 58.9 Å². The van der Waals surface area contributed by atoms with Gasteiger partial charge in [0.1, 0.15) is 17.5 Å². The molecule has 0 spiro atoms. The number of amides is 1. The summed E-state index contributed by atoms with van der Waals surface area (Å²) in [7, 11) is 0. The summed E-state index contributed by atoms with van der Waals surface area (Å²) in [6.07, 6.45) is 3.99. The Kier molecular flexibility index (Phi) is 4.38. The van der Waals surface area contributed by atoms with Gasteiger partial charge in [0.15, 0.2) is 0 Å². The minimum atomic E-state index is 0.0396. The van der Waals surface area contributed by atoms with Crippen molar-refractivity contribution in [2.75, 3.05) is 13.1 Å². The molecule has 1 saturated heterocycles. The number of nitrogens with zero attached hydrogens (tertiary/aromatic N) is 2. The fraction of sp³-hybridized carbons (Fsp3) is 0.400. The fourth-order valence-electron chi connectivity index (χ4n) is 4.07. The molecule has 2 heterocycles. The summed E-state index contributed by atoms with van der Waals surface area (Å²) in [5.74, 6) is 1.80. The molecule has 130 valence electrons. The first-order chi connectivity index (χ1) is 12.1. The summed E-state index contributed by atoms with van der Waals surface area (Å²) < 4.78 is 6.19. The zero-order chi connectivity index (χ0) is 17.4. The van der Waals surface area contributed by atoms with Gasteiger partial charge in [-0.15, -0.1) is 0 Å². The van der Waals surface area contributed by atoms with E-state index >= 15 is 0 Å². The maximum Gasteiger partial charge on any atom is 0.272 e. The Balaban J connectivity index is 1.45. The van der Waals surface area contributed by atoms with Crippen LogP contribution in [0.1, 0.15) is 28.9 Å². The van der Waals surface area contributed by atoms with E-state index in [0.717, 1.165) is 37.2 Å². The lowest BCUT2D eigenvalue weighted by atomic mass is 9.99. The van der Waals surface area contributed by atoms with Crippen molar-refractivity contribution in [1.82, 2.24) is 9.88 Å². The summed E-state index contributed by atoms with van der Waals surface area (Å²) >= 11 is 5.94. The molecule has 3 atom stereocenters. The molecule has 1 aromatic heterocycles. The Hall–Kier alpha value is -2.07. The van der Waals surface area contributed by atoms with Crippen molar-refractivity contribution in [1.29, 1.82) is 0 Å². The van der Waals surface area contributed by atoms with Gasteiger partial charge >= 0.3 is 0 Å². The lowest BCUT2D eigenvalue weighted by Crippen LogP contribution is -2.33. The average Bonchev–Trinajstić information content (AvgIpc) is 3.19. The summed E-state index contributed by atoms with van der Waals surface area (Å²) in [6.45, 7) is 3.49. The van der Waals surface area contributed by atoms with Gasteiger partial charge in [-0.3, -0.25) is 9.78 Å². The van der Waals surface area contributed by atoms with E-state index in [1.165, 1.54) is 0 Å². The molecule has 0 N–H and O–H groups in total. The molecule has 2 aliphatic rings. The molecule has 25 heavy (non-hydrogen) atoms. The van der Waals surface area contributed by atoms with Crippen LogP contribution in [0.3, 0.4) is 0 Å². The number of aryl methyl sites for hydroxylation is 1. The number of ether oxygens (including phenoxy) is 1. The van der Waals surface area contributed by atoms with Crippen LogP contribution >= 0.6 is 11.6 Å². The molecule has 0 bridgehead atoms. The van der Waals surface area contributed by atoms with Crippen LogP contribution in [0.15, 0.2) is 42.6 Å². The Labute approximate surface area is 152 Å². The Morgan fingerprint density at radius 1 is 1.20 bits per heavy atom. The molecule has 2 fully saturated rings. The van der Waals surface area contributed by atoms with Crippen LogP contribution in [0, 0.1) is 18.8 Å². The molecular formula is C20H21ClN2O2. The standard InChI is InChI=1S/C20H21ClN2O2/c1-13-3-2-10-22-19(13)20(24)23-11-14-4-9-18(17(14)12-23)25-16-7-5-15(21)6-8-16/h2-3,5-8,10,14,17-18H,4,9,11-12H2,1H3/t14-,17+,18-/m0/s1. The van der Waals surface area contributed by atoms with Crippen molar-refractivity contribution in [3.8, 4) is 5.75 Å². The van der Waals surface area contributed by atoms with Gasteiger partial charge in [-0.1, -0.05) is 17.7 Å². The molecule has 0 unspecified atom stereocenters. The smallest absolute Gasteiger partial charge is 0.272 e. The molecule has 4 nitrogen and oxygen atoms in total. The highest BCUT2D eigenvalue weighted by Gasteiger charge is 2.45. The van der Waals surface area contributed by atoms with E-state index in [0.29, 0.717) is 22.6 Å². The highest BCUT2D eigenvalue weighted by Crippen LogP contribution is 2.40. The Morgan fingerprint density at radius 3 is 2.76 bits per heavy atom. The SMILES string of the molecule is Cc1cccnc1C(=O)N1C[C@@H]2CC[C@H](Oc3ccc(Cl)cc3)[C@@H]2C1. The van der Waals surface area contributed by atoms with Crippen LogP contribution in [0.2, 0.25) is 5.02 Å². The van der Waals surface area contributed by atoms with E-state index in [2.05, 4.69) is 4.98 Å². The number of halogens is 1. The summed E-state index contributed by atoms with van der Waals surface area (Å²) in [4.78, 5) is 19.0. The van der Waals surface area contributed by atoms with Gasteiger partial charge in [0.05, 0.1) is 0 Å². The van der Waals surface area contributed by atoms with Crippen molar-refractivity contribution < 1.29 is 9.53 Å². The van der Waals surface area contributed by atoms with Gasteiger partial charge in [-0.25, -0.2) is 0 Å². The molecule has 1 aliphatic heterocycles. The average molecular weight is 357 g/mol. The monoisotopic (exact) mass is 356 g/mol. The van der Waals surface area contributed by atoms with Crippen molar-refractivity contribution in [3.63, 3.8) is 0 Å². The van der Waals surface area contributed by atoms with E-state index in [1.807, 2.05) is 48.2 Å². The second-order valence-corrected chi connectivity index (χ2v) is 7.43. The number of benzene rings is 1. The minimum Gasteiger partial charge on any atom is -0.490 e. The van der Waals surface area contributed by atoms with Gasteiger partial charge in [0, 0.05) is 30.2 Å². The topological polar surface area (TPSA) is 42.4 Å². The maximum absolute atomic E-state index is 12.8. The first-order valence-electron chi connectivity index (χ1n) is 8.75. The number of hydrogen-bond acceptors (Lipinski definition) is 3. The van der Waals surface area contributed by atoms with Gasteiger partial charge in [-0.05, 0) is 61.6 Å². The number of aromatic nitrogens is 1. The van der Waals surface area contributed by atoms with Crippen LogP contribution in [-0.2, 0) is 0 Å². The van der Waals surface area contributed by atoms with Gasteiger partial charge in [0.2, 0.25) is 0 Å². The third-order valence-corrected chi connectivity index (χ3v) is 5.64. The van der Waals surface area contributed by atoms with Gasteiger partial charge in [-0.2, -0.15) is 0 Å². The number of carbonyl (C=O) groups is 1. The van der Waals surface area contributed by atoms with E-state index < -0.39 is 0 Å². The number of rotatable bonds is 3. The quantitative estimate of drug-likeness (QED) is 0.835. The molecule has 1 saturated carbocycles. The van der Waals surface area contributed by atoms with E-state index in [-0.39, 0.29) is 12.0 Å². The molecule has 1 aliphatic carbocycles. The number of likely N-dealkylation sites (tertiary alicyclic amines) is 1. The van der Waals surface area contributed by atoms with E-state index in [1.54, 1.807) is 6.20 Å². The lowest BCUT2D eigenvalue weighted by molar-refractivity contribution is 0.0756. The molecular weight excluding hydrogens is 336 g/mol. The Bertz CT molecular complexity index is 778. The molecule has 4 rings (SSSR count). The number of pyridine rings is 1. The predicted octanol–water partition coefficient (Wildman–Crippen LogP) is 3.97. The normalized spacial score (nSPS) is 25.0. The third kappa shape index (κ3) is 3.23. The number of hydrogen-bond donors (Lipinski definition) is 0. The molecule has 2 aromatic rings. The summed E-state index contributed by atoms with van der Waals surface area (Å²) in [6, 6.07) is 11.3. The van der Waals surface area contributed by atoms with Gasteiger partial charge < -0.3 is 9.64 Å². The zero-order valence-electron chi connectivity index (χ0n) is 14.2. The highest BCUT2D eigenvalue weighted by atomic mass is 35.5. The second kappa shape index (κ2) is 6.68. The maximum atomic E-state index is 12.8. The largest absolute Gasteiger partial charge is 0.490 e. The van der Waals surface area contributed by atoms with Crippen molar-refractivity contribution in [2.24, 2.45) is 11.8 Å². The lowest BCUT2D eigenvalue weighted by Gasteiger charge is -2.22. The van der Waals surface area contributed by atoms with Crippen LogP contribution < -0.4 is 4.74 Å². The van der Waals surface area contributed by atoms with Gasteiger partial charge in [0.25, 0.3) is 5.91 Å².